The van der Waals surface area contributed by atoms with Crippen molar-refractivity contribution in [1.82, 2.24) is 0 Å². The van der Waals surface area contributed by atoms with Gasteiger partial charge in [0.25, 0.3) is 0 Å². The van der Waals surface area contributed by atoms with Gasteiger partial charge in [-0.1, -0.05) is 38.5 Å². The van der Waals surface area contributed by atoms with Crippen LogP contribution in [0.3, 0.4) is 0 Å². The third-order valence-corrected chi connectivity index (χ3v) is 4.77. The molecule has 0 nitrogen and oxygen atoms in total. The van der Waals surface area contributed by atoms with Crippen LogP contribution in [0.2, 0.25) is 0 Å². The molecular weight excluding hydrogens is 225 g/mol. The molecular formula is C14H23F3. The number of halogens is 3. The topological polar surface area (TPSA) is 0 Å². The van der Waals surface area contributed by atoms with Crippen LogP contribution in [0.25, 0.3) is 0 Å². The Morgan fingerprint density at radius 2 is 1.18 bits per heavy atom. The average Bonchev–Trinajstić information content (AvgIpc) is 2.78. The summed E-state index contributed by atoms with van der Waals surface area (Å²) in [6, 6.07) is 0. The zero-order valence-corrected chi connectivity index (χ0v) is 10.4. The monoisotopic (exact) mass is 248 g/mol. The van der Waals surface area contributed by atoms with Gasteiger partial charge in [-0.15, -0.1) is 0 Å². The quantitative estimate of drug-likeness (QED) is 0.633. The molecule has 100 valence electrons. The van der Waals surface area contributed by atoms with Crippen molar-refractivity contribution in [2.45, 2.75) is 70.4 Å². The molecule has 0 bridgehead atoms. The van der Waals surface area contributed by atoms with Gasteiger partial charge in [0.2, 0.25) is 0 Å². The zero-order valence-electron chi connectivity index (χ0n) is 10.4. The molecule has 2 fully saturated rings. The van der Waals surface area contributed by atoms with Crippen molar-refractivity contribution in [2.75, 3.05) is 0 Å². The fourth-order valence-corrected chi connectivity index (χ4v) is 3.55. The van der Waals surface area contributed by atoms with Gasteiger partial charge in [0, 0.05) is 0 Å². The molecule has 0 aromatic heterocycles. The van der Waals surface area contributed by atoms with E-state index in [1.54, 1.807) is 0 Å². The van der Waals surface area contributed by atoms with E-state index in [9.17, 15) is 13.2 Å². The van der Waals surface area contributed by atoms with Gasteiger partial charge in [-0.25, -0.2) is 0 Å². The number of alkyl halides is 3. The van der Waals surface area contributed by atoms with Crippen LogP contribution in [0.4, 0.5) is 13.2 Å². The van der Waals surface area contributed by atoms with Crippen molar-refractivity contribution in [3.05, 3.63) is 0 Å². The van der Waals surface area contributed by atoms with E-state index in [2.05, 4.69) is 0 Å². The van der Waals surface area contributed by atoms with E-state index in [4.69, 9.17) is 0 Å². The Labute approximate surface area is 102 Å². The van der Waals surface area contributed by atoms with Gasteiger partial charge in [0.15, 0.2) is 0 Å². The van der Waals surface area contributed by atoms with E-state index in [0.29, 0.717) is 18.8 Å². The first-order chi connectivity index (χ1) is 8.05. The summed E-state index contributed by atoms with van der Waals surface area (Å²) < 4.78 is 37.5. The van der Waals surface area contributed by atoms with Crippen LogP contribution >= 0.6 is 0 Å². The van der Waals surface area contributed by atoms with Gasteiger partial charge in [-0.2, -0.15) is 13.2 Å². The number of rotatable bonds is 3. The summed E-state index contributed by atoms with van der Waals surface area (Å²) in [5.74, 6) is 0.453. The molecule has 0 radical (unpaired) electrons. The van der Waals surface area contributed by atoms with Crippen molar-refractivity contribution >= 4 is 0 Å². The second-order valence-electron chi connectivity index (χ2n) is 5.99. The highest BCUT2D eigenvalue weighted by atomic mass is 19.4. The maximum atomic E-state index is 12.5. The van der Waals surface area contributed by atoms with Crippen molar-refractivity contribution in [1.29, 1.82) is 0 Å². The minimum atomic E-state index is -3.95. The molecule has 0 aliphatic heterocycles. The summed E-state index contributed by atoms with van der Waals surface area (Å²) in [7, 11) is 0. The summed E-state index contributed by atoms with van der Waals surface area (Å²) in [5.41, 5.74) is 0. The molecule has 0 saturated heterocycles. The highest BCUT2D eigenvalue weighted by Gasteiger charge is 2.41. The maximum Gasteiger partial charge on any atom is 0.391 e. The molecule has 2 saturated carbocycles. The Morgan fingerprint density at radius 3 is 1.65 bits per heavy atom. The van der Waals surface area contributed by atoms with Crippen molar-refractivity contribution in [3.63, 3.8) is 0 Å². The average molecular weight is 248 g/mol. The maximum absolute atomic E-state index is 12.5. The first-order valence-electron chi connectivity index (χ1n) is 7.12. The fourth-order valence-electron chi connectivity index (χ4n) is 3.55. The summed E-state index contributed by atoms with van der Waals surface area (Å²) in [5, 5.41) is 0. The van der Waals surface area contributed by atoms with E-state index >= 15 is 0 Å². The predicted molar refractivity (Wildman–Crippen MR) is 62.7 cm³/mol. The molecule has 0 atom stereocenters. The smallest absolute Gasteiger partial charge is 0.171 e. The van der Waals surface area contributed by atoms with Crippen LogP contribution in [-0.4, -0.2) is 6.18 Å². The first kappa shape index (κ1) is 13.2. The summed E-state index contributed by atoms with van der Waals surface area (Å²) in [4.78, 5) is 0. The van der Waals surface area contributed by atoms with Crippen LogP contribution < -0.4 is 0 Å². The van der Waals surface area contributed by atoms with E-state index in [-0.39, 0.29) is 0 Å². The first-order valence-corrected chi connectivity index (χ1v) is 7.12. The van der Waals surface area contributed by atoms with Gasteiger partial charge in [0.1, 0.15) is 0 Å². The van der Waals surface area contributed by atoms with Crippen molar-refractivity contribution < 1.29 is 13.2 Å². The molecule has 0 unspecified atom stereocenters. The Bertz CT molecular complexity index is 220. The van der Waals surface area contributed by atoms with Crippen LogP contribution in [0.1, 0.15) is 64.2 Å². The normalized spacial score (nSPS) is 31.9. The summed E-state index contributed by atoms with van der Waals surface area (Å²) in [6.07, 6.45) is 6.30. The lowest BCUT2D eigenvalue weighted by molar-refractivity contribution is -0.184. The second kappa shape index (κ2) is 5.62. The number of hydrogen-bond acceptors (Lipinski definition) is 0. The molecule has 3 heteroatoms. The van der Waals surface area contributed by atoms with E-state index in [0.717, 1.165) is 18.8 Å². The van der Waals surface area contributed by atoms with E-state index < -0.39 is 12.1 Å². The van der Waals surface area contributed by atoms with Crippen molar-refractivity contribution in [3.8, 4) is 0 Å². The molecule has 0 N–H and O–H groups in total. The van der Waals surface area contributed by atoms with Crippen LogP contribution in [-0.2, 0) is 0 Å². The fraction of sp³-hybridized carbons (Fsp3) is 1.00. The van der Waals surface area contributed by atoms with Crippen LogP contribution in [0.15, 0.2) is 0 Å². The van der Waals surface area contributed by atoms with Gasteiger partial charge < -0.3 is 0 Å². The van der Waals surface area contributed by atoms with Gasteiger partial charge in [-0.05, 0) is 37.5 Å². The van der Waals surface area contributed by atoms with Gasteiger partial charge in [-0.3, -0.25) is 0 Å². The number of hydrogen-bond donors (Lipinski definition) is 0. The second-order valence-corrected chi connectivity index (χ2v) is 5.99. The van der Waals surface area contributed by atoms with Crippen LogP contribution in [0, 0.1) is 17.8 Å². The van der Waals surface area contributed by atoms with Crippen LogP contribution in [0.5, 0.6) is 0 Å². The SMILES string of the molecule is FC(F)(F)C1CCC(CCC2CCCC2)CC1. The molecule has 0 amide bonds. The lowest BCUT2D eigenvalue weighted by Gasteiger charge is -2.30. The molecule has 2 rings (SSSR count). The Hall–Kier alpha value is -0.210. The largest absolute Gasteiger partial charge is 0.391 e. The standard InChI is InChI=1S/C14H23F3/c15-14(16,17)13-9-7-12(8-10-13)6-5-11-3-1-2-4-11/h11-13H,1-10H2. The third kappa shape index (κ3) is 3.89. The third-order valence-electron chi connectivity index (χ3n) is 4.77. The lowest BCUT2D eigenvalue weighted by Crippen LogP contribution is -2.27. The molecule has 0 aromatic rings. The lowest BCUT2D eigenvalue weighted by atomic mass is 9.78. The van der Waals surface area contributed by atoms with E-state index in [1.165, 1.54) is 38.5 Å². The molecule has 0 aromatic carbocycles. The highest BCUT2D eigenvalue weighted by Crippen LogP contribution is 2.41. The Morgan fingerprint density at radius 1 is 0.706 bits per heavy atom. The molecule has 2 aliphatic carbocycles. The van der Waals surface area contributed by atoms with Gasteiger partial charge >= 0.3 is 6.18 Å². The minimum absolute atomic E-state index is 0.374. The molecule has 2 aliphatic rings. The predicted octanol–water partition coefficient (Wildman–Crippen LogP) is 5.33. The Kier molecular flexibility index (Phi) is 4.37. The summed E-state index contributed by atoms with van der Waals surface area (Å²) in [6.45, 7) is 0. The van der Waals surface area contributed by atoms with Gasteiger partial charge in [0.05, 0.1) is 5.92 Å². The van der Waals surface area contributed by atoms with Crippen molar-refractivity contribution in [2.24, 2.45) is 17.8 Å². The molecule has 17 heavy (non-hydrogen) atoms. The zero-order chi connectivity index (χ0) is 12.3. The Balaban J connectivity index is 1.65. The minimum Gasteiger partial charge on any atom is -0.171 e. The molecule has 0 spiro atoms. The highest BCUT2D eigenvalue weighted by molar-refractivity contribution is 4.78. The van der Waals surface area contributed by atoms with E-state index in [1.807, 2.05) is 0 Å². The molecule has 0 heterocycles. The summed E-state index contributed by atoms with van der Waals surface area (Å²) >= 11 is 0.